The molecule has 0 amide bonds. The molecule has 0 saturated carbocycles. The first kappa shape index (κ1) is 16.8. The first-order valence-electron chi connectivity index (χ1n) is 9.81. The molecular formula is C21H30N4. The fourth-order valence-electron chi connectivity index (χ4n) is 4.42. The Morgan fingerprint density at radius 1 is 1.08 bits per heavy atom. The summed E-state index contributed by atoms with van der Waals surface area (Å²) in [5, 5.41) is 1.30. The maximum Gasteiger partial charge on any atom is 0.0726 e. The molecule has 0 radical (unpaired) electrons. The summed E-state index contributed by atoms with van der Waals surface area (Å²) in [6.45, 7) is 9.29. The van der Waals surface area contributed by atoms with Crippen LogP contribution in [0.3, 0.4) is 0 Å². The van der Waals surface area contributed by atoms with Crippen LogP contribution in [0.25, 0.3) is 10.9 Å². The molecule has 0 N–H and O–H groups in total. The molecule has 4 rings (SSSR count). The minimum Gasteiger partial charge on any atom is -0.368 e. The largest absolute Gasteiger partial charge is 0.368 e. The highest BCUT2D eigenvalue weighted by Gasteiger charge is 2.27. The molecule has 1 atom stereocenters. The lowest BCUT2D eigenvalue weighted by Crippen LogP contribution is -2.54. The van der Waals surface area contributed by atoms with E-state index in [1.54, 1.807) is 0 Å². The first-order chi connectivity index (χ1) is 12.2. The van der Waals surface area contributed by atoms with E-state index in [0.29, 0.717) is 0 Å². The molecule has 1 aromatic carbocycles. The second-order valence-electron chi connectivity index (χ2n) is 7.58. The fraction of sp³-hybridized carbons (Fsp3) is 0.571. The highest BCUT2D eigenvalue weighted by atomic mass is 15.3. The van der Waals surface area contributed by atoms with Gasteiger partial charge in [-0.3, -0.25) is 9.88 Å². The maximum absolute atomic E-state index is 4.80. The number of rotatable bonds is 3. The minimum atomic E-state index is 0.751. The van der Waals surface area contributed by atoms with Crippen molar-refractivity contribution in [3.05, 3.63) is 36.0 Å². The van der Waals surface area contributed by atoms with Gasteiger partial charge in [-0.1, -0.05) is 25.1 Å². The van der Waals surface area contributed by atoms with Gasteiger partial charge in [0.15, 0.2) is 0 Å². The number of piperidine rings is 1. The van der Waals surface area contributed by atoms with Gasteiger partial charge in [0, 0.05) is 55.5 Å². The van der Waals surface area contributed by atoms with Crippen LogP contribution in [0, 0.1) is 0 Å². The van der Waals surface area contributed by atoms with Gasteiger partial charge in [0.25, 0.3) is 0 Å². The van der Waals surface area contributed by atoms with E-state index in [0.717, 1.165) is 31.1 Å². The second kappa shape index (κ2) is 7.30. The number of benzene rings is 1. The number of piperazine rings is 1. The zero-order valence-corrected chi connectivity index (χ0v) is 15.6. The highest BCUT2D eigenvalue weighted by molar-refractivity contribution is 5.92. The molecule has 1 aromatic heterocycles. The summed E-state index contributed by atoms with van der Waals surface area (Å²) in [6.07, 6.45) is 3.70. The number of anilines is 1. The van der Waals surface area contributed by atoms with Crippen LogP contribution in [0.2, 0.25) is 0 Å². The van der Waals surface area contributed by atoms with Crippen LogP contribution in [-0.2, 0) is 6.42 Å². The van der Waals surface area contributed by atoms with E-state index in [4.69, 9.17) is 4.98 Å². The molecule has 0 bridgehead atoms. The molecule has 0 spiro atoms. The lowest BCUT2D eigenvalue weighted by atomic mass is 10.0. The zero-order chi connectivity index (χ0) is 17.2. The van der Waals surface area contributed by atoms with Gasteiger partial charge in [-0.2, -0.15) is 0 Å². The van der Waals surface area contributed by atoms with Crippen molar-refractivity contribution < 1.29 is 0 Å². The van der Waals surface area contributed by atoms with Crippen molar-refractivity contribution in [1.29, 1.82) is 0 Å². The van der Waals surface area contributed by atoms with Gasteiger partial charge in [-0.05, 0) is 45.0 Å². The number of para-hydroxylation sites is 1. The van der Waals surface area contributed by atoms with Crippen LogP contribution < -0.4 is 4.90 Å². The third-order valence-electron chi connectivity index (χ3n) is 5.88. The van der Waals surface area contributed by atoms with Crippen LogP contribution in [0.15, 0.2) is 30.3 Å². The number of aryl methyl sites for hydroxylation is 1. The summed E-state index contributed by atoms with van der Waals surface area (Å²) in [5.74, 6) is 0. The highest BCUT2D eigenvalue weighted by Crippen LogP contribution is 2.28. The van der Waals surface area contributed by atoms with E-state index in [1.165, 1.54) is 55.8 Å². The van der Waals surface area contributed by atoms with Crippen molar-refractivity contribution in [2.24, 2.45) is 0 Å². The predicted molar refractivity (Wildman–Crippen MR) is 105 cm³/mol. The Labute approximate surface area is 151 Å². The van der Waals surface area contributed by atoms with E-state index < -0.39 is 0 Å². The summed E-state index contributed by atoms with van der Waals surface area (Å²) in [5.41, 5.74) is 3.71. The number of hydrogen-bond acceptors (Lipinski definition) is 4. The number of nitrogens with zero attached hydrogens (tertiary/aromatic N) is 4. The quantitative estimate of drug-likeness (QED) is 0.858. The van der Waals surface area contributed by atoms with Gasteiger partial charge < -0.3 is 9.80 Å². The monoisotopic (exact) mass is 338 g/mol. The third-order valence-corrected chi connectivity index (χ3v) is 5.88. The second-order valence-corrected chi connectivity index (χ2v) is 7.58. The van der Waals surface area contributed by atoms with Crippen LogP contribution in [0.5, 0.6) is 0 Å². The lowest BCUT2D eigenvalue weighted by molar-refractivity contribution is 0.107. The van der Waals surface area contributed by atoms with E-state index in [1.807, 2.05) is 0 Å². The topological polar surface area (TPSA) is 22.6 Å². The molecule has 2 aliphatic rings. The number of pyridine rings is 1. The standard InChI is InChI=1S/C21H30N4/c1-3-17-15-21(19-8-4-5-9-20(19)22-17)25-13-11-24(12-14-25)18-7-6-10-23(2)16-18/h4-5,8-9,15,18H,3,6-7,10-14,16H2,1-2H3. The zero-order valence-electron chi connectivity index (χ0n) is 15.6. The summed E-state index contributed by atoms with van der Waals surface area (Å²) in [6, 6.07) is 11.7. The number of fused-ring (bicyclic) bond motifs is 1. The SMILES string of the molecule is CCc1cc(N2CCN(C3CCCN(C)C3)CC2)c2ccccc2n1. The first-order valence-corrected chi connectivity index (χ1v) is 9.81. The van der Waals surface area contributed by atoms with Gasteiger partial charge in [0.1, 0.15) is 0 Å². The Kier molecular flexibility index (Phi) is 4.91. The molecule has 2 aliphatic heterocycles. The van der Waals surface area contributed by atoms with E-state index in [9.17, 15) is 0 Å². The van der Waals surface area contributed by atoms with E-state index in [2.05, 4.69) is 59.0 Å². The predicted octanol–water partition coefficient (Wildman–Crippen LogP) is 3.01. The maximum atomic E-state index is 4.80. The molecule has 2 saturated heterocycles. The van der Waals surface area contributed by atoms with Crippen molar-refractivity contribution in [2.75, 3.05) is 51.2 Å². The molecule has 2 aromatic rings. The summed E-state index contributed by atoms with van der Waals surface area (Å²) >= 11 is 0. The van der Waals surface area contributed by atoms with Gasteiger partial charge in [-0.25, -0.2) is 0 Å². The fourth-order valence-corrected chi connectivity index (χ4v) is 4.42. The van der Waals surface area contributed by atoms with E-state index in [-0.39, 0.29) is 0 Å². The Bertz CT molecular complexity index is 721. The molecule has 4 heteroatoms. The average molecular weight is 338 g/mol. The van der Waals surface area contributed by atoms with Gasteiger partial charge in [0.05, 0.1) is 5.52 Å². The summed E-state index contributed by atoms with van der Waals surface area (Å²) in [4.78, 5) is 12.6. The van der Waals surface area contributed by atoms with Crippen molar-refractivity contribution in [3.63, 3.8) is 0 Å². The van der Waals surface area contributed by atoms with Crippen molar-refractivity contribution in [3.8, 4) is 0 Å². The minimum absolute atomic E-state index is 0.751. The van der Waals surface area contributed by atoms with Crippen molar-refractivity contribution in [2.45, 2.75) is 32.2 Å². The Hall–Kier alpha value is -1.65. The number of hydrogen-bond donors (Lipinski definition) is 0. The molecule has 25 heavy (non-hydrogen) atoms. The van der Waals surface area contributed by atoms with Crippen molar-refractivity contribution in [1.82, 2.24) is 14.8 Å². The van der Waals surface area contributed by atoms with E-state index >= 15 is 0 Å². The van der Waals surface area contributed by atoms with Crippen LogP contribution in [-0.4, -0.2) is 67.1 Å². The van der Waals surface area contributed by atoms with Gasteiger partial charge in [-0.15, -0.1) is 0 Å². The molecule has 0 aliphatic carbocycles. The number of likely N-dealkylation sites (tertiary alicyclic amines) is 1. The van der Waals surface area contributed by atoms with Crippen LogP contribution in [0.4, 0.5) is 5.69 Å². The van der Waals surface area contributed by atoms with Crippen LogP contribution >= 0.6 is 0 Å². The molecule has 134 valence electrons. The molecular weight excluding hydrogens is 308 g/mol. The number of likely N-dealkylation sites (N-methyl/N-ethyl adjacent to an activating group) is 1. The van der Waals surface area contributed by atoms with Gasteiger partial charge >= 0.3 is 0 Å². The Balaban J connectivity index is 1.51. The average Bonchev–Trinajstić information content (AvgIpc) is 2.67. The smallest absolute Gasteiger partial charge is 0.0726 e. The molecule has 4 nitrogen and oxygen atoms in total. The Morgan fingerprint density at radius 3 is 2.64 bits per heavy atom. The normalized spacial score (nSPS) is 23.3. The summed E-state index contributed by atoms with van der Waals surface area (Å²) in [7, 11) is 2.26. The van der Waals surface area contributed by atoms with Crippen molar-refractivity contribution >= 4 is 16.6 Å². The Morgan fingerprint density at radius 2 is 1.88 bits per heavy atom. The summed E-state index contributed by atoms with van der Waals surface area (Å²) < 4.78 is 0. The lowest BCUT2D eigenvalue weighted by Gasteiger charge is -2.43. The number of aromatic nitrogens is 1. The van der Waals surface area contributed by atoms with Crippen LogP contribution in [0.1, 0.15) is 25.5 Å². The van der Waals surface area contributed by atoms with Gasteiger partial charge in [0.2, 0.25) is 0 Å². The third kappa shape index (κ3) is 3.51. The molecule has 1 unspecified atom stereocenters. The molecule has 3 heterocycles. The molecule has 2 fully saturated rings.